The number of para-hydroxylation sites is 1. The molecule has 138 valence electrons. The number of hydrogen-bond acceptors (Lipinski definition) is 5. The predicted octanol–water partition coefficient (Wildman–Crippen LogP) is 2.59. The van der Waals surface area contributed by atoms with E-state index in [2.05, 4.69) is 44.0 Å². The van der Waals surface area contributed by atoms with E-state index in [1.165, 1.54) is 5.69 Å². The molecule has 1 aliphatic heterocycles. The molecule has 26 heavy (non-hydrogen) atoms. The molecule has 1 aromatic heterocycles. The van der Waals surface area contributed by atoms with E-state index >= 15 is 0 Å². The van der Waals surface area contributed by atoms with Gasteiger partial charge in [0.05, 0.1) is 0 Å². The molecule has 0 aliphatic carbocycles. The summed E-state index contributed by atoms with van der Waals surface area (Å²) in [4.78, 5) is 28.1. The van der Waals surface area contributed by atoms with Crippen molar-refractivity contribution in [3.8, 4) is 0 Å². The molecule has 1 aliphatic rings. The number of carbonyl (C=O) groups excluding carboxylic acids is 1. The van der Waals surface area contributed by atoms with E-state index in [9.17, 15) is 4.79 Å². The summed E-state index contributed by atoms with van der Waals surface area (Å²) in [7, 11) is 0. The second kappa shape index (κ2) is 8.17. The van der Waals surface area contributed by atoms with Crippen molar-refractivity contribution in [3.63, 3.8) is 0 Å². The molecule has 3 rings (SSSR count). The fraction of sp³-hybridized carbons (Fsp3) is 0.450. The lowest BCUT2D eigenvalue weighted by Crippen LogP contribution is -2.47. The maximum Gasteiger partial charge on any atom is 0.272 e. The maximum atomic E-state index is 12.6. The summed E-state index contributed by atoms with van der Waals surface area (Å²) >= 11 is 0. The Balaban J connectivity index is 1.73. The Bertz CT molecular complexity index is 737. The Kier molecular flexibility index (Phi) is 5.71. The number of rotatable bonds is 5. The van der Waals surface area contributed by atoms with Gasteiger partial charge in [0.15, 0.2) is 0 Å². The van der Waals surface area contributed by atoms with Gasteiger partial charge < -0.3 is 14.7 Å². The molecular formula is C20H27N5O. The molecule has 1 amide bonds. The molecule has 0 unspecified atom stereocenters. The van der Waals surface area contributed by atoms with Crippen molar-refractivity contribution in [2.75, 3.05) is 49.1 Å². The van der Waals surface area contributed by atoms with Crippen LogP contribution in [-0.4, -0.2) is 60.0 Å². The van der Waals surface area contributed by atoms with Crippen molar-refractivity contribution in [1.29, 1.82) is 0 Å². The second-order valence-corrected chi connectivity index (χ2v) is 6.48. The van der Waals surface area contributed by atoms with Crippen LogP contribution in [0.15, 0.2) is 36.4 Å². The minimum absolute atomic E-state index is 0.0235. The summed E-state index contributed by atoms with van der Waals surface area (Å²) < 4.78 is 0. The number of anilines is 2. The Hall–Kier alpha value is -2.63. The number of benzene rings is 1. The van der Waals surface area contributed by atoms with Gasteiger partial charge in [0.2, 0.25) is 5.95 Å². The third-order valence-electron chi connectivity index (χ3n) is 4.80. The molecule has 0 saturated carbocycles. The van der Waals surface area contributed by atoms with Crippen LogP contribution in [0.4, 0.5) is 11.6 Å². The zero-order valence-electron chi connectivity index (χ0n) is 15.9. The summed E-state index contributed by atoms with van der Waals surface area (Å²) in [6.07, 6.45) is 0. The van der Waals surface area contributed by atoms with E-state index < -0.39 is 0 Å². The number of aromatic nitrogens is 2. The summed E-state index contributed by atoms with van der Waals surface area (Å²) in [6, 6.07) is 12.2. The van der Waals surface area contributed by atoms with Gasteiger partial charge in [-0.2, -0.15) is 0 Å². The topological polar surface area (TPSA) is 52.6 Å². The van der Waals surface area contributed by atoms with E-state index in [1.807, 2.05) is 26.8 Å². The smallest absolute Gasteiger partial charge is 0.272 e. The van der Waals surface area contributed by atoms with Crippen molar-refractivity contribution in [2.24, 2.45) is 0 Å². The molecule has 6 heteroatoms. The highest BCUT2D eigenvalue weighted by Crippen LogP contribution is 2.19. The summed E-state index contributed by atoms with van der Waals surface area (Å²) in [5, 5.41) is 0. The van der Waals surface area contributed by atoms with Crippen LogP contribution in [0.25, 0.3) is 0 Å². The largest absolute Gasteiger partial charge is 0.368 e. The lowest BCUT2D eigenvalue weighted by molar-refractivity contribution is 0.0767. The molecule has 0 spiro atoms. The molecule has 0 bridgehead atoms. The summed E-state index contributed by atoms with van der Waals surface area (Å²) in [5.41, 5.74) is 2.56. The van der Waals surface area contributed by atoms with E-state index in [0.717, 1.165) is 31.9 Å². The first-order chi connectivity index (χ1) is 12.6. The van der Waals surface area contributed by atoms with Crippen molar-refractivity contribution in [2.45, 2.75) is 20.8 Å². The number of hydrogen-bond donors (Lipinski definition) is 0. The second-order valence-electron chi connectivity index (χ2n) is 6.48. The van der Waals surface area contributed by atoms with Crippen LogP contribution in [0.2, 0.25) is 0 Å². The third kappa shape index (κ3) is 3.95. The van der Waals surface area contributed by atoms with E-state index in [1.54, 1.807) is 11.0 Å². The van der Waals surface area contributed by atoms with Crippen molar-refractivity contribution >= 4 is 17.5 Å². The highest BCUT2D eigenvalue weighted by atomic mass is 16.2. The zero-order chi connectivity index (χ0) is 18.5. The number of carbonyl (C=O) groups is 1. The number of nitrogens with zero attached hydrogens (tertiary/aromatic N) is 5. The lowest BCUT2D eigenvalue weighted by atomic mass is 10.2. The van der Waals surface area contributed by atoms with Crippen LogP contribution in [0.3, 0.4) is 0 Å². The van der Waals surface area contributed by atoms with Gasteiger partial charge in [-0.3, -0.25) is 4.79 Å². The van der Waals surface area contributed by atoms with Gasteiger partial charge in [-0.1, -0.05) is 18.2 Å². The normalized spacial score (nSPS) is 14.4. The molecule has 1 aromatic carbocycles. The van der Waals surface area contributed by atoms with Crippen molar-refractivity contribution in [3.05, 3.63) is 47.8 Å². The molecule has 0 atom stereocenters. The number of aryl methyl sites for hydroxylation is 1. The Morgan fingerprint density at radius 2 is 1.62 bits per heavy atom. The van der Waals surface area contributed by atoms with Gasteiger partial charge in [-0.25, -0.2) is 9.97 Å². The number of piperazine rings is 1. The minimum Gasteiger partial charge on any atom is -0.368 e. The molecule has 2 heterocycles. The monoisotopic (exact) mass is 353 g/mol. The Morgan fingerprint density at radius 3 is 2.23 bits per heavy atom. The number of amides is 1. The average Bonchev–Trinajstić information content (AvgIpc) is 2.69. The first-order valence-corrected chi connectivity index (χ1v) is 9.32. The van der Waals surface area contributed by atoms with Gasteiger partial charge in [0.1, 0.15) is 5.69 Å². The van der Waals surface area contributed by atoms with E-state index in [-0.39, 0.29) is 5.91 Å². The SMILES string of the molecule is CCN(CC)C(=O)c1cc(C)nc(N2CCN(c3ccccc3)CC2)n1. The highest BCUT2D eigenvalue weighted by Gasteiger charge is 2.22. The standard InChI is InChI=1S/C20H27N5O/c1-4-23(5-2)19(26)18-15-16(3)21-20(22-18)25-13-11-24(12-14-25)17-9-7-6-8-10-17/h6-10,15H,4-5,11-14H2,1-3H3. The molecule has 6 nitrogen and oxygen atoms in total. The van der Waals surface area contributed by atoms with Crippen LogP contribution in [0, 0.1) is 6.92 Å². The van der Waals surface area contributed by atoms with E-state index in [0.29, 0.717) is 24.7 Å². The third-order valence-corrected chi connectivity index (χ3v) is 4.80. The maximum absolute atomic E-state index is 12.6. The van der Waals surface area contributed by atoms with Gasteiger partial charge in [0, 0.05) is 50.6 Å². The molecule has 1 saturated heterocycles. The van der Waals surface area contributed by atoms with Crippen LogP contribution in [-0.2, 0) is 0 Å². The molecular weight excluding hydrogens is 326 g/mol. The Labute approximate surface area is 155 Å². The van der Waals surface area contributed by atoms with Crippen molar-refractivity contribution in [1.82, 2.24) is 14.9 Å². The fourth-order valence-corrected chi connectivity index (χ4v) is 3.28. The highest BCUT2D eigenvalue weighted by molar-refractivity contribution is 5.92. The zero-order valence-corrected chi connectivity index (χ0v) is 15.9. The van der Waals surface area contributed by atoms with E-state index in [4.69, 9.17) is 0 Å². The molecule has 1 fully saturated rings. The first-order valence-electron chi connectivity index (χ1n) is 9.32. The van der Waals surface area contributed by atoms with Gasteiger partial charge >= 0.3 is 0 Å². The lowest BCUT2D eigenvalue weighted by Gasteiger charge is -2.36. The van der Waals surface area contributed by atoms with Crippen LogP contribution in [0.1, 0.15) is 30.0 Å². The van der Waals surface area contributed by atoms with Gasteiger partial charge in [0.25, 0.3) is 5.91 Å². The summed E-state index contributed by atoms with van der Waals surface area (Å²) in [5.74, 6) is 0.637. The molecule has 0 N–H and O–H groups in total. The van der Waals surface area contributed by atoms with Crippen molar-refractivity contribution < 1.29 is 4.79 Å². The van der Waals surface area contributed by atoms with Gasteiger partial charge in [-0.15, -0.1) is 0 Å². The van der Waals surface area contributed by atoms with Crippen LogP contribution >= 0.6 is 0 Å². The first kappa shape index (κ1) is 18.2. The Morgan fingerprint density at radius 1 is 1.00 bits per heavy atom. The molecule has 2 aromatic rings. The van der Waals surface area contributed by atoms with Crippen LogP contribution in [0.5, 0.6) is 0 Å². The predicted molar refractivity (Wildman–Crippen MR) is 105 cm³/mol. The average molecular weight is 353 g/mol. The molecule has 0 radical (unpaired) electrons. The van der Waals surface area contributed by atoms with Gasteiger partial charge in [-0.05, 0) is 39.0 Å². The summed E-state index contributed by atoms with van der Waals surface area (Å²) in [6.45, 7) is 10.8. The minimum atomic E-state index is -0.0235. The van der Waals surface area contributed by atoms with Crippen LogP contribution < -0.4 is 9.80 Å². The fourth-order valence-electron chi connectivity index (χ4n) is 3.28. The quantitative estimate of drug-likeness (QED) is 0.827.